The summed E-state index contributed by atoms with van der Waals surface area (Å²) >= 11 is 0. The Bertz CT molecular complexity index is 1470. The van der Waals surface area contributed by atoms with Gasteiger partial charge in [0.1, 0.15) is 17.8 Å². The molecule has 212 valence electrons. The number of fused-ring (bicyclic) bond motifs is 2. The average Bonchev–Trinajstić information content (AvgIpc) is 3.68. The number of carbonyl (C=O) groups is 3. The highest BCUT2D eigenvalue weighted by Gasteiger charge is 2.55. The zero-order valence-electron chi connectivity index (χ0n) is 23.7. The van der Waals surface area contributed by atoms with E-state index in [0.717, 1.165) is 53.9 Å². The maximum atomic E-state index is 14.4. The number of hydrogen-bond acceptors (Lipinski definition) is 4. The van der Waals surface area contributed by atoms with E-state index < -0.39 is 12.1 Å². The molecule has 6 atom stereocenters. The van der Waals surface area contributed by atoms with Gasteiger partial charge in [-0.15, -0.1) is 0 Å². The number of anilines is 1. The third kappa shape index (κ3) is 4.28. The van der Waals surface area contributed by atoms with Gasteiger partial charge in [-0.25, -0.2) is 0 Å². The van der Waals surface area contributed by atoms with E-state index in [2.05, 4.69) is 38.1 Å². The average molecular weight is 552 g/mol. The lowest BCUT2D eigenvalue weighted by Crippen LogP contribution is -2.69. The molecule has 4 saturated heterocycles. The van der Waals surface area contributed by atoms with Gasteiger partial charge >= 0.3 is 0 Å². The third-order valence-corrected chi connectivity index (χ3v) is 9.87. The molecule has 2 aromatic carbocycles. The van der Waals surface area contributed by atoms with Crippen LogP contribution >= 0.6 is 0 Å². The maximum absolute atomic E-state index is 14.4. The number of benzene rings is 2. The summed E-state index contributed by atoms with van der Waals surface area (Å²) in [4.78, 5) is 47.0. The van der Waals surface area contributed by atoms with Crippen LogP contribution in [0.1, 0.15) is 75.6 Å². The molecule has 7 rings (SSSR count). The molecule has 5 heterocycles. The predicted octanol–water partition coefficient (Wildman–Crippen LogP) is 6.12. The summed E-state index contributed by atoms with van der Waals surface area (Å²) in [6.45, 7) is 5.11. The fourth-order valence-electron chi connectivity index (χ4n) is 7.85. The molecule has 7 nitrogen and oxygen atoms in total. The molecule has 3 amide bonds. The van der Waals surface area contributed by atoms with E-state index in [1.54, 1.807) is 6.26 Å². The van der Waals surface area contributed by atoms with Gasteiger partial charge in [0.15, 0.2) is 0 Å². The van der Waals surface area contributed by atoms with Crippen LogP contribution in [0.3, 0.4) is 0 Å². The Labute approximate surface area is 241 Å². The Kier molecular flexibility index (Phi) is 6.48. The summed E-state index contributed by atoms with van der Waals surface area (Å²) in [7, 11) is 0. The Morgan fingerprint density at radius 1 is 0.732 bits per heavy atom. The van der Waals surface area contributed by atoms with Crippen LogP contribution < -0.4 is 4.90 Å². The molecule has 4 fully saturated rings. The molecule has 0 N–H and O–H groups in total. The van der Waals surface area contributed by atoms with Gasteiger partial charge in [0.2, 0.25) is 17.7 Å². The van der Waals surface area contributed by atoms with Crippen LogP contribution in [0.25, 0.3) is 11.3 Å². The summed E-state index contributed by atoms with van der Waals surface area (Å²) in [6.07, 6.45) is 6.22. The van der Waals surface area contributed by atoms with Crippen molar-refractivity contribution < 1.29 is 18.8 Å². The number of carbonyl (C=O) groups excluding carboxylic acids is 3. The second-order valence-electron chi connectivity index (χ2n) is 12.4. The topological polar surface area (TPSA) is 74.1 Å². The monoisotopic (exact) mass is 551 g/mol. The lowest BCUT2D eigenvalue weighted by molar-refractivity contribution is -0.177. The van der Waals surface area contributed by atoms with Crippen LogP contribution in [0.15, 0.2) is 71.3 Å². The minimum absolute atomic E-state index is 0.0675. The van der Waals surface area contributed by atoms with Gasteiger partial charge in [0, 0.05) is 24.2 Å². The van der Waals surface area contributed by atoms with Crippen molar-refractivity contribution in [3.05, 3.63) is 78.1 Å². The molecule has 41 heavy (non-hydrogen) atoms. The van der Waals surface area contributed by atoms with Crippen molar-refractivity contribution in [3.63, 3.8) is 0 Å². The largest absolute Gasteiger partial charge is 0.464 e. The molecule has 1 aromatic heterocycles. The van der Waals surface area contributed by atoms with Gasteiger partial charge in [-0.05, 0) is 79.3 Å². The van der Waals surface area contributed by atoms with E-state index in [9.17, 15) is 14.4 Å². The first-order valence-electron chi connectivity index (χ1n) is 15.1. The van der Waals surface area contributed by atoms with Crippen molar-refractivity contribution in [2.45, 2.75) is 76.5 Å². The smallest absolute Gasteiger partial charge is 0.246 e. The van der Waals surface area contributed by atoms with Crippen LogP contribution in [-0.4, -0.2) is 46.1 Å². The fraction of sp³-hybridized carbons (Fsp3) is 0.441. The quantitative estimate of drug-likeness (QED) is 0.391. The second-order valence-corrected chi connectivity index (χ2v) is 12.4. The van der Waals surface area contributed by atoms with E-state index in [1.165, 1.54) is 0 Å². The lowest BCUT2D eigenvalue weighted by Gasteiger charge is -2.56. The van der Waals surface area contributed by atoms with Crippen LogP contribution in [0.5, 0.6) is 0 Å². The highest BCUT2D eigenvalue weighted by Crippen LogP contribution is 2.48. The molecule has 0 spiro atoms. The molecule has 0 saturated carbocycles. The molecule has 7 heteroatoms. The molecule has 4 aliphatic heterocycles. The van der Waals surface area contributed by atoms with E-state index in [1.807, 2.05) is 51.1 Å². The van der Waals surface area contributed by atoms with Crippen LogP contribution in [0.2, 0.25) is 0 Å². The van der Waals surface area contributed by atoms with E-state index in [4.69, 9.17) is 4.42 Å². The Balaban J connectivity index is 1.21. The standard InChI is InChI=1S/C34H37N3O4/c1-21-10-16-27-34(40)37-28(33(39)36(27)31(21)24-14-12-23(13-15-24)29-8-5-19-41-29)17-11-22(2)32(37)25-6-3-7-26(20-25)35-18-4-9-30(35)38/h3,5-8,12-15,19-22,27-28,31-32H,4,9-11,16-18H2,1-2H3/t21-,22+,27+,28+,31-,32+/m1/s1. The Morgan fingerprint density at radius 2 is 1.39 bits per heavy atom. The zero-order valence-corrected chi connectivity index (χ0v) is 23.7. The molecule has 0 radical (unpaired) electrons. The first kappa shape index (κ1) is 26.1. The van der Waals surface area contributed by atoms with E-state index in [-0.39, 0.29) is 41.6 Å². The molecule has 3 aromatic rings. The molecule has 0 aliphatic carbocycles. The summed E-state index contributed by atoms with van der Waals surface area (Å²) in [5.74, 6) is 1.56. The van der Waals surface area contributed by atoms with Crippen molar-refractivity contribution in [2.24, 2.45) is 11.8 Å². The van der Waals surface area contributed by atoms with Crippen LogP contribution in [0.4, 0.5) is 5.69 Å². The van der Waals surface area contributed by atoms with Crippen molar-refractivity contribution >= 4 is 23.4 Å². The number of rotatable bonds is 4. The molecular formula is C34H37N3O4. The zero-order chi connectivity index (χ0) is 28.2. The third-order valence-electron chi connectivity index (χ3n) is 9.87. The van der Waals surface area contributed by atoms with Gasteiger partial charge < -0.3 is 19.1 Å². The fourth-order valence-corrected chi connectivity index (χ4v) is 7.85. The predicted molar refractivity (Wildman–Crippen MR) is 156 cm³/mol. The van der Waals surface area contributed by atoms with Crippen molar-refractivity contribution in [1.82, 2.24) is 9.80 Å². The number of hydrogen-bond donors (Lipinski definition) is 0. The minimum atomic E-state index is -0.466. The number of furan rings is 1. The Hall–Kier alpha value is -3.87. The van der Waals surface area contributed by atoms with Crippen LogP contribution in [0, 0.1) is 11.8 Å². The van der Waals surface area contributed by atoms with Gasteiger partial charge in [-0.2, -0.15) is 0 Å². The minimum Gasteiger partial charge on any atom is -0.464 e. The number of nitrogens with zero attached hydrogens (tertiary/aromatic N) is 3. The van der Waals surface area contributed by atoms with Crippen molar-refractivity contribution in [2.75, 3.05) is 11.4 Å². The highest BCUT2D eigenvalue weighted by atomic mass is 16.3. The molecular weight excluding hydrogens is 514 g/mol. The lowest BCUT2D eigenvalue weighted by atomic mass is 9.76. The summed E-state index contributed by atoms with van der Waals surface area (Å²) in [5.41, 5.74) is 3.97. The Morgan fingerprint density at radius 3 is 1.98 bits per heavy atom. The number of piperidine rings is 2. The van der Waals surface area contributed by atoms with E-state index in [0.29, 0.717) is 19.3 Å². The first-order chi connectivity index (χ1) is 19.9. The van der Waals surface area contributed by atoms with Gasteiger partial charge in [0.05, 0.1) is 18.3 Å². The van der Waals surface area contributed by atoms with Crippen molar-refractivity contribution in [1.29, 1.82) is 0 Å². The number of piperazine rings is 1. The van der Waals surface area contributed by atoms with Gasteiger partial charge in [0.25, 0.3) is 0 Å². The van der Waals surface area contributed by atoms with Gasteiger partial charge in [-0.3, -0.25) is 14.4 Å². The van der Waals surface area contributed by atoms with Crippen molar-refractivity contribution in [3.8, 4) is 11.3 Å². The van der Waals surface area contributed by atoms with Gasteiger partial charge in [-0.1, -0.05) is 50.2 Å². The molecule has 0 bridgehead atoms. The highest BCUT2D eigenvalue weighted by molar-refractivity contribution is 5.98. The number of amides is 3. The SMILES string of the molecule is C[C@@H]1CC[C@H]2C(=O)N3[C@H](c4cccc(N5CCCC5=O)c4)[C@@H](C)CC[C@H]3C(=O)N2[C@H]1c1ccc(-c2ccco2)cc1. The van der Waals surface area contributed by atoms with Crippen LogP contribution in [-0.2, 0) is 14.4 Å². The molecule has 0 unspecified atom stereocenters. The molecule has 4 aliphatic rings. The summed E-state index contributed by atoms with van der Waals surface area (Å²) in [5, 5.41) is 0. The summed E-state index contributed by atoms with van der Waals surface area (Å²) in [6, 6.07) is 18.9. The summed E-state index contributed by atoms with van der Waals surface area (Å²) < 4.78 is 5.56. The maximum Gasteiger partial charge on any atom is 0.246 e. The second kappa shape index (κ2) is 10.2. The van der Waals surface area contributed by atoms with E-state index >= 15 is 0 Å². The first-order valence-corrected chi connectivity index (χ1v) is 15.1. The normalized spacial score (nSPS) is 30.0.